The molecule has 0 atom stereocenters. The molecular formula is C13H20N4O2. The Bertz CT molecular complexity index is 475. The lowest BCUT2D eigenvalue weighted by Crippen LogP contribution is -2.42. The maximum atomic E-state index is 12.0. The number of hydrogen-bond donors (Lipinski definition) is 4. The molecule has 1 saturated heterocycles. The van der Waals surface area contributed by atoms with Crippen molar-refractivity contribution in [1.29, 1.82) is 0 Å². The number of carbonyl (C=O) groups excluding carboxylic acids is 2. The molecule has 1 aliphatic heterocycles. The van der Waals surface area contributed by atoms with Crippen molar-refractivity contribution in [2.75, 3.05) is 19.6 Å². The van der Waals surface area contributed by atoms with Crippen LogP contribution in [0.25, 0.3) is 0 Å². The summed E-state index contributed by atoms with van der Waals surface area (Å²) in [5.41, 5.74) is 5.97. The number of rotatable bonds is 4. The quantitative estimate of drug-likeness (QED) is 0.626. The van der Waals surface area contributed by atoms with E-state index in [1.807, 2.05) is 0 Å². The number of aromatic nitrogens is 1. The van der Waals surface area contributed by atoms with Crippen molar-refractivity contribution in [2.45, 2.75) is 19.8 Å². The molecule has 0 saturated carbocycles. The number of hydrogen-bond acceptors (Lipinski definition) is 3. The molecule has 0 aliphatic carbocycles. The van der Waals surface area contributed by atoms with Gasteiger partial charge in [0.05, 0.1) is 5.56 Å². The third-order valence-electron chi connectivity index (χ3n) is 3.70. The molecule has 6 nitrogen and oxygen atoms in total. The van der Waals surface area contributed by atoms with Gasteiger partial charge >= 0.3 is 0 Å². The number of piperidine rings is 1. The number of H-pyrrole nitrogens is 1. The van der Waals surface area contributed by atoms with Crippen LogP contribution < -0.4 is 16.4 Å². The molecule has 5 N–H and O–H groups in total. The minimum absolute atomic E-state index is 0.139. The first-order valence-electron chi connectivity index (χ1n) is 6.47. The van der Waals surface area contributed by atoms with E-state index in [2.05, 4.69) is 22.5 Å². The molecule has 2 amide bonds. The van der Waals surface area contributed by atoms with Crippen LogP contribution in [0.2, 0.25) is 0 Å². The van der Waals surface area contributed by atoms with Gasteiger partial charge in [0, 0.05) is 12.7 Å². The smallest absolute Gasteiger partial charge is 0.267 e. The summed E-state index contributed by atoms with van der Waals surface area (Å²) in [7, 11) is 0. The van der Waals surface area contributed by atoms with E-state index < -0.39 is 5.91 Å². The molecule has 19 heavy (non-hydrogen) atoms. The van der Waals surface area contributed by atoms with Gasteiger partial charge in [-0.05, 0) is 37.4 Å². The van der Waals surface area contributed by atoms with Crippen molar-refractivity contribution in [3.8, 4) is 0 Å². The molecule has 1 aromatic rings. The minimum atomic E-state index is -0.541. The van der Waals surface area contributed by atoms with Crippen molar-refractivity contribution in [2.24, 2.45) is 11.1 Å². The van der Waals surface area contributed by atoms with Crippen LogP contribution in [0.5, 0.6) is 0 Å². The van der Waals surface area contributed by atoms with Crippen molar-refractivity contribution < 1.29 is 9.59 Å². The van der Waals surface area contributed by atoms with Crippen molar-refractivity contribution in [3.05, 3.63) is 23.5 Å². The zero-order valence-corrected chi connectivity index (χ0v) is 11.1. The number of nitrogens with one attached hydrogen (secondary N) is 3. The number of aromatic amines is 1. The molecule has 0 spiro atoms. The van der Waals surface area contributed by atoms with E-state index in [0.717, 1.165) is 25.9 Å². The third kappa shape index (κ3) is 3.35. The highest BCUT2D eigenvalue weighted by molar-refractivity contribution is 5.98. The predicted molar refractivity (Wildman–Crippen MR) is 71.9 cm³/mol. The fourth-order valence-corrected chi connectivity index (χ4v) is 2.26. The van der Waals surface area contributed by atoms with Gasteiger partial charge in [0.15, 0.2) is 0 Å². The maximum Gasteiger partial charge on any atom is 0.267 e. The fourth-order valence-electron chi connectivity index (χ4n) is 2.26. The van der Waals surface area contributed by atoms with Gasteiger partial charge in [0.1, 0.15) is 5.69 Å². The van der Waals surface area contributed by atoms with Crippen LogP contribution in [0.1, 0.15) is 40.6 Å². The Hall–Kier alpha value is -1.82. The minimum Gasteiger partial charge on any atom is -0.366 e. The lowest BCUT2D eigenvalue weighted by Gasteiger charge is -2.34. The van der Waals surface area contributed by atoms with Crippen molar-refractivity contribution >= 4 is 11.8 Å². The Kier molecular flexibility index (Phi) is 3.90. The molecule has 0 radical (unpaired) electrons. The number of carbonyl (C=O) groups is 2. The van der Waals surface area contributed by atoms with Crippen LogP contribution >= 0.6 is 0 Å². The predicted octanol–water partition coefficient (Wildman–Crippen LogP) is 0.233. The molecular weight excluding hydrogens is 244 g/mol. The van der Waals surface area contributed by atoms with Gasteiger partial charge in [-0.2, -0.15) is 0 Å². The summed E-state index contributed by atoms with van der Waals surface area (Å²) in [5.74, 6) is -0.743. The fraction of sp³-hybridized carbons (Fsp3) is 0.538. The number of nitrogens with two attached hydrogens (primary N) is 1. The van der Waals surface area contributed by atoms with E-state index in [1.165, 1.54) is 12.3 Å². The highest BCUT2D eigenvalue weighted by Gasteiger charge is 2.27. The summed E-state index contributed by atoms with van der Waals surface area (Å²) in [6, 6.07) is 1.47. The highest BCUT2D eigenvalue weighted by Crippen LogP contribution is 2.26. The van der Waals surface area contributed by atoms with Crippen LogP contribution in [-0.2, 0) is 0 Å². The zero-order valence-electron chi connectivity index (χ0n) is 11.1. The molecule has 2 rings (SSSR count). The Morgan fingerprint density at radius 3 is 2.68 bits per heavy atom. The summed E-state index contributed by atoms with van der Waals surface area (Å²) in [6.45, 7) is 4.79. The van der Waals surface area contributed by atoms with E-state index in [-0.39, 0.29) is 11.3 Å². The molecule has 104 valence electrons. The molecule has 0 aromatic carbocycles. The van der Waals surface area contributed by atoms with Crippen LogP contribution in [0, 0.1) is 5.41 Å². The third-order valence-corrected chi connectivity index (χ3v) is 3.70. The van der Waals surface area contributed by atoms with E-state index in [4.69, 9.17) is 5.73 Å². The Balaban J connectivity index is 1.91. The van der Waals surface area contributed by atoms with E-state index in [1.54, 1.807) is 0 Å². The second-order valence-electron chi connectivity index (χ2n) is 5.41. The first-order valence-corrected chi connectivity index (χ1v) is 6.47. The molecule has 1 aromatic heterocycles. The standard InChI is InChI=1S/C13H20N4O2/c1-13(2-4-15-5-3-13)8-17-12(19)10-6-9(7-16-10)11(14)18/h6-7,15-16H,2-5,8H2,1H3,(H2,14,18)(H,17,19). The molecule has 1 fully saturated rings. The Labute approximate surface area is 112 Å². The highest BCUT2D eigenvalue weighted by atomic mass is 16.2. The van der Waals surface area contributed by atoms with Crippen LogP contribution in [-0.4, -0.2) is 36.4 Å². The Morgan fingerprint density at radius 2 is 2.11 bits per heavy atom. The molecule has 1 aliphatic rings. The van der Waals surface area contributed by atoms with Crippen LogP contribution in [0.4, 0.5) is 0 Å². The first kappa shape index (κ1) is 13.6. The molecule has 0 bridgehead atoms. The lowest BCUT2D eigenvalue weighted by molar-refractivity contribution is 0.0917. The summed E-state index contributed by atoms with van der Waals surface area (Å²) in [6.07, 6.45) is 3.54. The number of amides is 2. The van der Waals surface area contributed by atoms with Gasteiger partial charge in [-0.15, -0.1) is 0 Å². The molecule has 0 unspecified atom stereocenters. The van der Waals surface area contributed by atoms with Crippen LogP contribution in [0.15, 0.2) is 12.3 Å². The Morgan fingerprint density at radius 1 is 1.42 bits per heavy atom. The second kappa shape index (κ2) is 5.44. The largest absolute Gasteiger partial charge is 0.366 e. The van der Waals surface area contributed by atoms with Gasteiger partial charge in [0.2, 0.25) is 5.91 Å². The summed E-state index contributed by atoms with van der Waals surface area (Å²) in [4.78, 5) is 25.7. The van der Waals surface area contributed by atoms with Gasteiger partial charge in [-0.3, -0.25) is 9.59 Å². The van der Waals surface area contributed by atoms with E-state index in [0.29, 0.717) is 17.8 Å². The van der Waals surface area contributed by atoms with Gasteiger partial charge in [0.25, 0.3) is 5.91 Å². The monoisotopic (exact) mass is 264 g/mol. The van der Waals surface area contributed by atoms with Crippen molar-refractivity contribution in [1.82, 2.24) is 15.6 Å². The second-order valence-corrected chi connectivity index (χ2v) is 5.41. The summed E-state index contributed by atoms with van der Waals surface area (Å²) >= 11 is 0. The first-order chi connectivity index (χ1) is 9.00. The molecule has 6 heteroatoms. The van der Waals surface area contributed by atoms with E-state index in [9.17, 15) is 9.59 Å². The summed E-state index contributed by atoms with van der Waals surface area (Å²) < 4.78 is 0. The molecule has 2 heterocycles. The lowest BCUT2D eigenvalue weighted by atomic mass is 9.81. The zero-order chi connectivity index (χ0) is 13.9. The maximum absolute atomic E-state index is 12.0. The topological polar surface area (TPSA) is 100 Å². The van der Waals surface area contributed by atoms with E-state index >= 15 is 0 Å². The average molecular weight is 264 g/mol. The van der Waals surface area contributed by atoms with Crippen molar-refractivity contribution in [3.63, 3.8) is 0 Å². The van der Waals surface area contributed by atoms with Gasteiger partial charge in [-0.1, -0.05) is 6.92 Å². The summed E-state index contributed by atoms with van der Waals surface area (Å²) in [5, 5.41) is 6.22. The average Bonchev–Trinajstić information content (AvgIpc) is 2.87. The van der Waals surface area contributed by atoms with Gasteiger partial charge in [-0.25, -0.2) is 0 Å². The van der Waals surface area contributed by atoms with Crippen LogP contribution in [0.3, 0.4) is 0 Å². The SMILES string of the molecule is CC1(CNC(=O)c2cc(C(N)=O)c[nH]2)CCNCC1. The normalized spacial score (nSPS) is 17.9. The number of primary amides is 1. The van der Waals surface area contributed by atoms with Gasteiger partial charge < -0.3 is 21.4 Å².